The van der Waals surface area contributed by atoms with E-state index in [-0.39, 0.29) is 16.3 Å². The van der Waals surface area contributed by atoms with E-state index in [0.29, 0.717) is 21.9 Å². The molecule has 1 aliphatic rings. The summed E-state index contributed by atoms with van der Waals surface area (Å²) in [5.74, 6) is 0.0949. The number of nitrogens with zero attached hydrogens (tertiary/aromatic N) is 1. The average Bonchev–Trinajstić information content (AvgIpc) is 2.77. The summed E-state index contributed by atoms with van der Waals surface area (Å²) in [5, 5.41) is 8.60. The molecule has 2 N–H and O–H groups in total. The standard InChI is InChI=1S/C22H23Cl2N3O3S/c1-29-20-11-14(13-25-27-22(31)26-16-5-3-2-4-6-16)7-10-19(20)30-21(28)15-8-9-17(23)18(24)12-15/h7-13,16H,2-6H2,1H3,(H2,26,27,31). The molecule has 0 aromatic heterocycles. The Morgan fingerprint density at radius 2 is 1.87 bits per heavy atom. The molecule has 2 aromatic rings. The van der Waals surface area contributed by atoms with Gasteiger partial charge in [-0.3, -0.25) is 5.43 Å². The molecule has 1 saturated carbocycles. The maximum Gasteiger partial charge on any atom is 0.343 e. The molecule has 6 nitrogen and oxygen atoms in total. The van der Waals surface area contributed by atoms with Crippen LogP contribution in [0.2, 0.25) is 10.0 Å². The van der Waals surface area contributed by atoms with Gasteiger partial charge in [-0.25, -0.2) is 4.79 Å². The van der Waals surface area contributed by atoms with Crippen molar-refractivity contribution in [2.45, 2.75) is 38.1 Å². The molecule has 0 unspecified atom stereocenters. The monoisotopic (exact) mass is 479 g/mol. The Labute approximate surface area is 196 Å². The summed E-state index contributed by atoms with van der Waals surface area (Å²) in [6, 6.07) is 10.0. The zero-order chi connectivity index (χ0) is 22.2. The van der Waals surface area contributed by atoms with E-state index in [4.69, 9.17) is 44.9 Å². The van der Waals surface area contributed by atoms with Crippen LogP contribution in [0.3, 0.4) is 0 Å². The second-order valence-corrected chi connectivity index (χ2v) is 8.33. The first kappa shape index (κ1) is 23.3. The zero-order valence-electron chi connectivity index (χ0n) is 17.0. The van der Waals surface area contributed by atoms with Crippen LogP contribution in [0.25, 0.3) is 0 Å². The van der Waals surface area contributed by atoms with Crippen LogP contribution in [-0.4, -0.2) is 30.4 Å². The molecule has 164 valence electrons. The molecule has 0 amide bonds. The zero-order valence-corrected chi connectivity index (χ0v) is 19.3. The Balaban J connectivity index is 1.59. The number of hydrogen-bond donors (Lipinski definition) is 2. The molecular weight excluding hydrogens is 457 g/mol. The average molecular weight is 480 g/mol. The molecular formula is C22H23Cl2N3O3S. The minimum atomic E-state index is -0.570. The fourth-order valence-corrected chi connectivity index (χ4v) is 3.78. The molecule has 0 atom stereocenters. The molecule has 9 heteroatoms. The summed E-state index contributed by atoms with van der Waals surface area (Å²) in [5.41, 5.74) is 3.87. The van der Waals surface area contributed by atoms with E-state index in [1.54, 1.807) is 30.5 Å². The summed E-state index contributed by atoms with van der Waals surface area (Å²) in [4.78, 5) is 12.4. The number of hydrazone groups is 1. The number of hydrogen-bond acceptors (Lipinski definition) is 5. The largest absolute Gasteiger partial charge is 0.493 e. The van der Waals surface area contributed by atoms with Gasteiger partial charge in [0, 0.05) is 6.04 Å². The van der Waals surface area contributed by atoms with Crippen molar-refractivity contribution in [1.29, 1.82) is 0 Å². The number of esters is 1. The molecule has 31 heavy (non-hydrogen) atoms. The highest BCUT2D eigenvalue weighted by Crippen LogP contribution is 2.29. The number of benzene rings is 2. The van der Waals surface area contributed by atoms with Crippen molar-refractivity contribution >= 4 is 52.7 Å². The van der Waals surface area contributed by atoms with Gasteiger partial charge in [0.05, 0.1) is 28.9 Å². The van der Waals surface area contributed by atoms with Gasteiger partial charge in [0.25, 0.3) is 0 Å². The van der Waals surface area contributed by atoms with Crippen LogP contribution in [0.5, 0.6) is 11.5 Å². The number of carbonyl (C=O) groups excluding carboxylic acids is 1. The van der Waals surface area contributed by atoms with Gasteiger partial charge < -0.3 is 14.8 Å². The third kappa shape index (κ3) is 6.82. The highest BCUT2D eigenvalue weighted by atomic mass is 35.5. The number of thiocarbonyl (C=S) groups is 1. The quantitative estimate of drug-likeness (QED) is 0.191. The molecule has 3 rings (SSSR count). The lowest BCUT2D eigenvalue weighted by Gasteiger charge is -2.23. The highest BCUT2D eigenvalue weighted by molar-refractivity contribution is 7.80. The van der Waals surface area contributed by atoms with E-state index in [0.717, 1.165) is 18.4 Å². The van der Waals surface area contributed by atoms with Gasteiger partial charge in [0.2, 0.25) is 0 Å². The van der Waals surface area contributed by atoms with Crippen molar-refractivity contribution in [2.24, 2.45) is 5.10 Å². The lowest BCUT2D eigenvalue weighted by molar-refractivity contribution is 0.0729. The minimum absolute atomic E-state index is 0.276. The first-order valence-corrected chi connectivity index (χ1v) is 11.1. The van der Waals surface area contributed by atoms with Crippen LogP contribution in [-0.2, 0) is 0 Å². The van der Waals surface area contributed by atoms with Gasteiger partial charge >= 0.3 is 5.97 Å². The summed E-state index contributed by atoms with van der Waals surface area (Å²) in [6.45, 7) is 0. The molecule has 1 fully saturated rings. The van der Waals surface area contributed by atoms with Crippen LogP contribution < -0.4 is 20.2 Å². The van der Waals surface area contributed by atoms with Crippen molar-refractivity contribution < 1.29 is 14.3 Å². The van der Waals surface area contributed by atoms with Gasteiger partial charge in [-0.1, -0.05) is 42.5 Å². The predicted molar refractivity (Wildman–Crippen MR) is 128 cm³/mol. The molecule has 0 radical (unpaired) electrons. The van der Waals surface area contributed by atoms with Crippen molar-refractivity contribution in [1.82, 2.24) is 10.7 Å². The van der Waals surface area contributed by atoms with Crippen LogP contribution in [0.1, 0.15) is 48.0 Å². The van der Waals surface area contributed by atoms with E-state index < -0.39 is 5.97 Å². The molecule has 0 bridgehead atoms. The minimum Gasteiger partial charge on any atom is -0.493 e. The topological polar surface area (TPSA) is 71.9 Å². The maximum absolute atomic E-state index is 12.4. The van der Waals surface area contributed by atoms with Crippen LogP contribution >= 0.6 is 35.4 Å². The third-order valence-corrected chi connectivity index (χ3v) is 5.81. The first-order valence-electron chi connectivity index (χ1n) is 9.91. The van der Waals surface area contributed by atoms with Crippen LogP contribution in [0.4, 0.5) is 0 Å². The molecule has 0 saturated heterocycles. The predicted octanol–water partition coefficient (Wildman–Crippen LogP) is 5.35. The lowest BCUT2D eigenvalue weighted by Crippen LogP contribution is -2.40. The van der Waals surface area contributed by atoms with Gasteiger partial charge in [0.15, 0.2) is 16.6 Å². The van der Waals surface area contributed by atoms with E-state index >= 15 is 0 Å². The van der Waals surface area contributed by atoms with E-state index in [2.05, 4.69) is 15.8 Å². The van der Waals surface area contributed by atoms with Crippen molar-refractivity contribution in [3.05, 3.63) is 57.6 Å². The Hall–Kier alpha value is -2.35. The number of nitrogens with one attached hydrogen (secondary N) is 2. The molecule has 1 aliphatic carbocycles. The van der Waals surface area contributed by atoms with Crippen LogP contribution in [0, 0.1) is 0 Å². The summed E-state index contributed by atoms with van der Waals surface area (Å²) >= 11 is 17.1. The number of carbonyl (C=O) groups is 1. The van der Waals surface area contributed by atoms with Crippen molar-refractivity contribution in [2.75, 3.05) is 7.11 Å². The van der Waals surface area contributed by atoms with Crippen molar-refractivity contribution in [3.8, 4) is 11.5 Å². The van der Waals surface area contributed by atoms with Crippen LogP contribution in [0.15, 0.2) is 41.5 Å². The van der Waals surface area contributed by atoms with Gasteiger partial charge in [-0.2, -0.15) is 5.10 Å². The van der Waals surface area contributed by atoms with Crippen molar-refractivity contribution in [3.63, 3.8) is 0 Å². The molecule has 0 aliphatic heterocycles. The van der Waals surface area contributed by atoms with E-state index in [9.17, 15) is 4.79 Å². The van der Waals surface area contributed by atoms with E-state index in [1.165, 1.54) is 38.5 Å². The molecule has 0 spiro atoms. The fraction of sp³-hybridized carbons (Fsp3) is 0.318. The van der Waals surface area contributed by atoms with Gasteiger partial charge in [-0.05, 0) is 67.0 Å². The molecule has 2 aromatic carbocycles. The van der Waals surface area contributed by atoms with Gasteiger partial charge in [0.1, 0.15) is 0 Å². The second kappa shape index (κ2) is 11.3. The fourth-order valence-electron chi connectivity index (χ4n) is 3.26. The van der Waals surface area contributed by atoms with E-state index in [1.807, 2.05) is 0 Å². The second-order valence-electron chi connectivity index (χ2n) is 7.11. The number of rotatable bonds is 6. The smallest absolute Gasteiger partial charge is 0.343 e. The summed E-state index contributed by atoms with van der Waals surface area (Å²) in [6.07, 6.45) is 7.62. The normalized spacial score (nSPS) is 14.3. The number of halogens is 2. The number of ether oxygens (including phenoxy) is 2. The SMILES string of the molecule is COc1cc(C=NNC(=S)NC2CCCCC2)ccc1OC(=O)c1ccc(Cl)c(Cl)c1. The Kier molecular flexibility index (Phi) is 8.51. The summed E-state index contributed by atoms with van der Waals surface area (Å²) < 4.78 is 10.8. The Morgan fingerprint density at radius 1 is 1.10 bits per heavy atom. The maximum atomic E-state index is 12.4. The Bertz CT molecular complexity index is 978. The van der Waals surface area contributed by atoms with Gasteiger partial charge in [-0.15, -0.1) is 0 Å². The Morgan fingerprint density at radius 3 is 2.58 bits per heavy atom. The lowest BCUT2D eigenvalue weighted by atomic mass is 9.96. The number of methoxy groups -OCH3 is 1. The third-order valence-electron chi connectivity index (χ3n) is 4.87. The molecule has 0 heterocycles. The highest BCUT2D eigenvalue weighted by Gasteiger charge is 2.15. The summed E-state index contributed by atoms with van der Waals surface area (Å²) in [7, 11) is 1.49. The first-order chi connectivity index (χ1) is 15.0.